The number of ether oxygens (including phenoxy) is 2. The van der Waals surface area contributed by atoms with Crippen molar-refractivity contribution in [3.63, 3.8) is 0 Å². The lowest BCUT2D eigenvalue weighted by molar-refractivity contribution is -0.129. The van der Waals surface area contributed by atoms with Gasteiger partial charge in [-0.2, -0.15) is 0 Å². The van der Waals surface area contributed by atoms with Gasteiger partial charge in [0.05, 0.1) is 19.1 Å². The summed E-state index contributed by atoms with van der Waals surface area (Å²) in [4.78, 5) is 27.9. The van der Waals surface area contributed by atoms with Gasteiger partial charge in [0.1, 0.15) is 11.4 Å². The maximum atomic E-state index is 13.2. The quantitative estimate of drug-likeness (QED) is 0.755. The van der Waals surface area contributed by atoms with Crippen molar-refractivity contribution in [2.75, 3.05) is 13.7 Å². The lowest BCUT2D eigenvalue weighted by Gasteiger charge is -2.41. The Morgan fingerprint density at radius 3 is 2.35 bits per heavy atom. The molecule has 1 N–H and O–H groups in total. The van der Waals surface area contributed by atoms with Gasteiger partial charge in [-0.05, 0) is 56.9 Å². The molecule has 0 bridgehead atoms. The zero-order valence-electron chi connectivity index (χ0n) is 18.8. The zero-order valence-corrected chi connectivity index (χ0v) is 18.8. The molecule has 2 aromatic rings. The Morgan fingerprint density at radius 2 is 1.74 bits per heavy atom. The van der Waals surface area contributed by atoms with Crippen LogP contribution in [-0.2, 0) is 16.1 Å². The van der Waals surface area contributed by atoms with E-state index in [4.69, 9.17) is 9.47 Å². The first kappa shape index (κ1) is 22.7. The average molecular weight is 425 g/mol. The van der Waals surface area contributed by atoms with Crippen LogP contribution in [0.25, 0.3) is 0 Å². The van der Waals surface area contributed by atoms with Gasteiger partial charge in [0.25, 0.3) is 0 Å². The molecule has 0 saturated carbocycles. The average Bonchev–Trinajstić information content (AvgIpc) is 2.76. The summed E-state index contributed by atoms with van der Waals surface area (Å²) in [6.45, 7) is 6.55. The number of piperidine rings is 1. The Bertz CT molecular complexity index is 875. The van der Waals surface area contributed by atoms with Crippen molar-refractivity contribution >= 4 is 12.0 Å². The van der Waals surface area contributed by atoms with Crippen molar-refractivity contribution in [3.05, 3.63) is 65.7 Å². The number of nitrogens with one attached hydrogen (secondary N) is 1. The number of hydrogen-bond acceptors (Lipinski definition) is 4. The summed E-state index contributed by atoms with van der Waals surface area (Å²) >= 11 is 0. The van der Waals surface area contributed by atoms with Crippen LogP contribution in [0.5, 0.6) is 5.75 Å². The van der Waals surface area contributed by atoms with Gasteiger partial charge in [0.2, 0.25) is 5.91 Å². The number of carbonyl (C=O) groups excluding carboxylic acids is 2. The topological polar surface area (TPSA) is 67.9 Å². The molecule has 1 aliphatic heterocycles. The van der Waals surface area contributed by atoms with Crippen LogP contribution in [0.2, 0.25) is 0 Å². The van der Waals surface area contributed by atoms with Crippen LogP contribution in [0.3, 0.4) is 0 Å². The molecule has 31 heavy (non-hydrogen) atoms. The van der Waals surface area contributed by atoms with Gasteiger partial charge < -0.3 is 19.7 Å². The van der Waals surface area contributed by atoms with E-state index in [1.165, 1.54) is 0 Å². The summed E-state index contributed by atoms with van der Waals surface area (Å²) in [6, 6.07) is 17.0. The molecule has 1 fully saturated rings. The monoisotopic (exact) mass is 424 g/mol. The Labute approximate surface area is 184 Å². The summed E-state index contributed by atoms with van der Waals surface area (Å²) in [5.41, 5.74) is 1.34. The van der Waals surface area contributed by atoms with Crippen molar-refractivity contribution in [3.8, 4) is 5.75 Å². The molecular formula is C25H32N2O4. The number of carbonyl (C=O) groups is 2. The van der Waals surface area contributed by atoms with Gasteiger partial charge in [-0.15, -0.1) is 0 Å². The first-order chi connectivity index (χ1) is 14.8. The number of rotatable bonds is 5. The van der Waals surface area contributed by atoms with Crippen LogP contribution in [0.4, 0.5) is 4.79 Å². The highest BCUT2D eigenvalue weighted by atomic mass is 16.6. The van der Waals surface area contributed by atoms with Gasteiger partial charge in [-0.25, -0.2) is 4.79 Å². The molecule has 2 aromatic carbocycles. The SMILES string of the molecule is COc1ccc(CNC(=O)[C@H]2CCCN(C(=O)OC(C)(C)C)[C@@H]2c2ccccc2)cc1. The highest BCUT2D eigenvalue weighted by molar-refractivity contribution is 5.81. The third-order valence-electron chi connectivity index (χ3n) is 5.36. The van der Waals surface area contributed by atoms with Crippen molar-refractivity contribution in [2.45, 2.75) is 51.8 Å². The van der Waals surface area contributed by atoms with E-state index < -0.39 is 5.60 Å². The Hall–Kier alpha value is -3.02. The van der Waals surface area contributed by atoms with E-state index >= 15 is 0 Å². The molecule has 1 aliphatic rings. The van der Waals surface area contributed by atoms with Gasteiger partial charge >= 0.3 is 6.09 Å². The van der Waals surface area contributed by atoms with E-state index in [0.717, 1.165) is 23.3 Å². The predicted octanol–water partition coefficient (Wildman–Crippen LogP) is 4.70. The third-order valence-corrected chi connectivity index (χ3v) is 5.36. The Kier molecular flexibility index (Phi) is 7.21. The summed E-state index contributed by atoms with van der Waals surface area (Å²) in [5.74, 6) is 0.374. The summed E-state index contributed by atoms with van der Waals surface area (Å²) in [6.07, 6.45) is 1.09. The van der Waals surface area contributed by atoms with E-state index in [2.05, 4.69) is 5.32 Å². The molecule has 0 radical (unpaired) electrons. The fourth-order valence-corrected chi connectivity index (χ4v) is 3.92. The fourth-order valence-electron chi connectivity index (χ4n) is 3.92. The molecule has 0 aromatic heterocycles. The summed E-state index contributed by atoms with van der Waals surface area (Å²) in [7, 11) is 1.62. The van der Waals surface area contributed by atoms with Crippen LogP contribution in [0.1, 0.15) is 50.8 Å². The van der Waals surface area contributed by atoms with Crippen LogP contribution in [0.15, 0.2) is 54.6 Å². The first-order valence-corrected chi connectivity index (χ1v) is 10.7. The van der Waals surface area contributed by atoms with Gasteiger partial charge in [0.15, 0.2) is 0 Å². The number of hydrogen-bond donors (Lipinski definition) is 1. The molecule has 6 heteroatoms. The standard InChI is InChI=1S/C25H32N2O4/c1-25(2,3)31-24(29)27-16-8-11-21(22(27)19-9-6-5-7-10-19)23(28)26-17-18-12-14-20(30-4)15-13-18/h5-7,9-10,12-15,21-22H,8,11,16-17H2,1-4H3,(H,26,28)/t21-,22+/m0/s1. The van der Waals surface area contributed by atoms with Crippen molar-refractivity contribution in [1.82, 2.24) is 10.2 Å². The lowest BCUT2D eigenvalue weighted by atomic mass is 9.84. The van der Waals surface area contributed by atoms with Crippen LogP contribution >= 0.6 is 0 Å². The molecule has 166 valence electrons. The highest BCUT2D eigenvalue weighted by Gasteiger charge is 2.40. The van der Waals surface area contributed by atoms with Gasteiger partial charge in [-0.1, -0.05) is 42.5 Å². The molecule has 0 unspecified atom stereocenters. The second-order valence-electron chi connectivity index (χ2n) is 8.84. The van der Waals surface area contributed by atoms with Crippen LogP contribution < -0.4 is 10.1 Å². The Balaban J connectivity index is 1.78. The first-order valence-electron chi connectivity index (χ1n) is 10.7. The molecule has 1 saturated heterocycles. The van der Waals surface area contributed by atoms with Gasteiger partial charge in [0, 0.05) is 13.1 Å². The van der Waals surface area contributed by atoms with E-state index in [-0.39, 0.29) is 24.0 Å². The molecular weight excluding hydrogens is 392 g/mol. The third kappa shape index (κ3) is 6.00. The second-order valence-corrected chi connectivity index (χ2v) is 8.84. The zero-order chi connectivity index (χ0) is 22.4. The smallest absolute Gasteiger partial charge is 0.410 e. The van der Waals surface area contributed by atoms with Crippen molar-refractivity contribution in [2.24, 2.45) is 5.92 Å². The summed E-state index contributed by atoms with van der Waals surface area (Å²) in [5, 5.41) is 3.06. The number of benzene rings is 2. The highest BCUT2D eigenvalue weighted by Crippen LogP contribution is 2.37. The molecule has 2 amide bonds. The lowest BCUT2D eigenvalue weighted by Crippen LogP contribution is -2.49. The number of methoxy groups -OCH3 is 1. The fraction of sp³-hybridized carbons (Fsp3) is 0.440. The predicted molar refractivity (Wildman–Crippen MR) is 120 cm³/mol. The molecule has 0 spiro atoms. The molecule has 3 rings (SSSR count). The molecule has 0 aliphatic carbocycles. The van der Waals surface area contributed by atoms with Crippen LogP contribution in [0, 0.1) is 5.92 Å². The molecule has 1 heterocycles. The number of nitrogens with zero attached hydrogens (tertiary/aromatic N) is 1. The van der Waals surface area contributed by atoms with Gasteiger partial charge in [-0.3, -0.25) is 4.79 Å². The second kappa shape index (κ2) is 9.86. The van der Waals surface area contributed by atoms with E-state index in [0.29, 0.717) is 19.5 Å². The van der Waals surface area contributed by atoms with E-state index in [9.17, 15) is 9.59 Å². The minimum atomic E-state index is -0.595. The summed E-state index contributed by atoms with van der Waals surface area (Å²) < 4.78 is 10.8. The normalized spacial score (nSPS) is 18.9. The number of amides is 2. The minimum absolute atomic E-state index is 0.0575. The molecule has 6 nitrogen and oxygen atoms in total. The van der Waals surface area contributed by atoms with Crippen LogP contribution in [-0.4, -0.2) is 36.2 Å². The molecule has 2 atom stereocenters. The Morgan fingerprint density at radius 1 is 1.06 bits per heavy atom. The minimum Gasteiger partial charge on any atom is -0.497 e. The number of likely N-dealkylation sites (tertiary alicyclic amines) is 1. The maximum absolute atomic E-state index is 13.2. The maximum Gasteiger partial charge on any atom is 0.410 e. The van der Waals surface area contributed by atoms with E-state index in [1.54, 1.807) is 12.0 Å². The largest absolute Gasteiger partial charge is 0.497 e. The van der Waals surface area contributed by atoms with Crippen molar-refractivity contribution in [1.29, 1.82) is 0 Å². The van der Waals surface area contributed by atoms with E-state index in [1.807, 2.05) is 75.4 Å². The van der Waals surface area contributed by atoms with Crippen molar-refractivity contribution < 1.29 is 19.1 Å².